The first-order valence-electron chi connectivity index (χ1n) is 13.3. The Bertz CT molecular complexity index is 1720. The van der Waals surface area contributed by atoms with Crippen molar-refractivity contribution in [2.75, 3.05) is 5.73 Å². The van der Waals surface area contributed by atoms with Gasteiger partial charge in [-0.25, -0.2) is 9.97 Å². The summed E-state index contributed by atoms with van der Waals surface area (Å²) in [4.78, 5) is 29.0. The number of nitrogens with zero attached hydrogens (tertiary/aromatic N) is 8. The van der Waals surface area contributed by atoms with Crippen molar-refractivity contribution in [3.63, 3.8) is 0 Å². The molecular formula is C29H26N10O. The third kappa shape index (κ3) is 3.88. The molecule has 2 aliphatic rings. The van der Waals surface area contributed by atoms with E-state index in [0.717, 1.165) is 53.8 Å². The topological polar surface area (TPSA) is 155 Å². The molecule has 0 radical (unpaired) electrons. The first kappa shape index (κ1) is 24.0. The number of hydrogen-bond donors (Lipinski definition) is 2. The number of benzene rings is 1. The van der Waals surface area contributed by atoms with Crippen LogP contribution >= 0.6 is 0 Å². The van der Waals surface area contributed by atoms with Crippen LogP contribution in [-0.2, 0) is 6.42 Å². The number of piperidine rings is 1. The number of nitrogens with two attached hydrogens (primary N) is 1. The second-order valence-electron chi connectivity index (χ2n) is 10.4. The number of amides is 1. The zero-order chi connectivity index (χ0) is 27.2. The fourth-order valence-corrected chi connectivity index (χ4v) is 6.36. The van der Waals surface area contributed by atoms with Crippen molar-refractivity contribution >= 4 is 17.4 Å². The highest BCUT2D eigenvalue weighted by atomic mass is 16.2. The van der Waals surface area contributed by atoms with E-state index < -0.39 is 0 Å². The molecule has 7 rings (SSSR count). The Morgan fingerprint density at radius 1 is 1.05 bits per heavy atom. The van der Waals surface area contributed by atoms with Crippen molar-refractivity contribution in [1.29, 1.82) is 5.26 Å². The van der Waals surface area contributed by atoms with E-state index in [0.29, 0.717) is 17.0 Å². The number of carbonyl (C=O) groups excluding carboxylic acids is 1. The maximum atomic E-state index is 13.1. The van der Waals surface area contributed by atoms with E-state index in [1.54, 1.807) is 10.7 Å². The summed E-state index contributed by atoms with van der Waals surface area (Å²) in [6.07, 6.45) is 8.40. The minimum Gasteiger partial charge on any atom is -0.383 e. The van der Waals surface area contributed by atoms with Gasteiger partial charge >= 0.3 is 0 Å². The summed E-state index contributed by atoms with van der Waals surface area (Å²) in [5.41, 5.74) is 12.4. The first-order valence-corrected chi connectivity index (χ1v) is 13.3. The van der Waals surface area contributed by atoms with Crippen LogP contribution in [0.15, 0.2) is 61.2 Å². The minimum atomic E-state index is -0.117. The second kappa shape index (κ2) is 9.57. The molecule has 3 N–H and O–H groups in total. The molecule has 6 heterocycles. The molecule has 5 aromatic rings. The third-order valence-electron chi connectivity index (χ3n) is 8.19. The number of carbonyl (C=O) groups is 1. The Morgan fingerprint density at radius 2 is 1.85 bits per heavy atom. The maximum absolute atomic E-state index is 13.1. The Labute approximate surface area is 229 Å². The Balaban J connectivity index is 1.25. The van der Waals surface area contributed by atoms with Crippen molar-refractivity contribution in [3.05, 3.63) is 78.3 Å². The van der Waals surface area contributed by atoms with Gasteiger partial charge in [-0.15, -0.1) is 0 Å². The van der Waals surface area contributed by atoms with Crippen LogP contribution in [0.5, 0.6) is 0 Å². The number of fused-ring (bicyclic) bond motifs is 3. The van der Waals surface area contributed by atoms with Crippen LogP contribution in [0.3, 0.4) is 0 Å². The van der Waals surface area contributed by atoms with E-state index in [-0.39, 0.29) is 36.2 Å². The fourth-order valence-electron chi connectivity index (χ4n) is 6.36. The van der Waals surface area contributed by atoms with Gasteiger partial charge in [0, 0.05) is 46.5 Å². The SMILES string of the molecule is N#CCc1c(C2C[C@H]3CC[C@@H](C2)N3C(=O)c2ncn[nH]2)nc2c(-c3ccc(-c4ccccc4)nc3)cnn2c1N. The predicted molar refractivity (Wildman–Crippen MR) is 147 cm³/mol. The molecule has 11 heteroatoms. The monoisotopic (exact) mass is 530 g/mol. The van der Waals surface area contributed by atoms with Gasteiger partial charge in [0.1, 0.15) is 12.1 Å². The van der Waals surface area contributed by atoms with Crippen LogP contribution in [0.25, 0.3) is 28.0 Å². The quantitative estimate of drug-likeness (QED) is 0.348. The molecule has 0 spiro atoms. The molecule has 40 heavy (non-hydrogen) atoms. The summed E-state index contributed by atoms with van der Waals surface area (Å²) in [6, 6.07) is 16.4. The number of H-pyrrole nitrogens is 1. The fraction of sp³-hybridized carbons (Fsp3) is 0.276. The van der Waals surface area contributed by atoms with Gasteiger partial charge in [0.15, 0.2) is 5.65 Å². The number of pyridine rings is 1. The number of nitrogen functional groups attached to an aromatic ring is 1. The van der Waals surface area contributed by atoms with Crippen LogP contribution in [-0.4, -0.2) is 57.7 Å². The molecule has 1 amide bonds. The van der Waals surface area contributed by atoms with E-state index in [4.69, 9.17) is 10.7 Å². The van der Waals surface area contributed by atoms with E-state index >= 15 is 0 Å². The van der Waals surface area contributed by atoms with Gasteiger partial charge < -0.3 is 10.6 Å². The van der Waals surface area contributed by atoms with Crippen molar-refractivity contribution in [1.82, 2.24) is 39.7 Å². The molecule has 2 fully saturated rings. The van der Waals surface area contributed by atoms with Crippen molar-refractivity contribution in [2.24, 2.45) is 0 Å². The largest absolute Gasteiger partial charge is 0.383 e. The zero-order valence-electron chi connectivity index (χ0n) is 21.6. The normalized spacial score (nSPS) is 20.1. The van der Waals surface area contributed by atoms with Gasteiger partial charge in [0.05, 0.1) is 30.1 Å². The third-order valence-corrected chi connectivity index (χ3v) is 8.19. The van der Waals surface area contributed by atoms with Gasteiger partial charge in [-0.05, 0) is 31.7 Å². The Morgan fingerprint density at radius 3 is 2.52 bits per heavy atom. The van der Waals surface area contributed by atoms with E-state index in [9.17, 15) is 10.1 Å². The van der Waals surface area contributed by atoms with Crippen LogP contribution in [0.2, 0.25) is 0 Å². The Hall–Kier alpha value is -5.11. The van der Waals surface area contributed by atoms with Crippen molar-refractivity contribution < 1.29 is 4.79 Å². The second-order valence-corrected chi connectivity index (χ2v) is 10.4. The smallest absolute Gasteiger partial charge is 0.291 e. The number of anilines is 1. The van der Waals surface area contributed by atoms with Crippen LogP contribution in [0.1, 0.15) is 53.5 Å². The molecule has 4 aromatic heterocycles. The van der Waals surface area contributed by atoms with Gasteiger partial charge in [0.25, 0.3) is 5.91 Å². The molecule has 0 saturated carbocycles. The lowest BCUT2D eigenvalue weighted by molar-refractivity contribution is 0.0557. The molecule has 2 saturated heterocycles. The summed E-state index contributed by atoms with van der Waals surface area (Å²) < 4.78 is 1.62. The predicted octanol–water partition coefficient (Wildman–Crippen LogP) is 3.78. The maximum Gasteiger partial charge on any atom is 0.291 e. The number of aromatic amines is 1. The van der Waals surface area contributed by atoms with E-state index in [1.807, 2.05) is 53.6 Å². The van der Waals surface area contributed by atoms with Crippen molar-refractivity contribution in [3.8, 4) is 28.5 Å². The lowest BCUT2D eigenvalue weighted by Crippen LogP contribution is -2.46. The minimum absolute atomic E-state index is 0.0632. The highest BCUT2D eigenvalue weighted by Gasteiger charge is 2.45. The van der Waals surface area contributed by atoms with Crippen LogP contribution < -0.4 is 5.73 Å². The molecule has 3 atom stereocenters. The molecular weight excluding hydrogens is 504 g/mol. The average molecular weight is 531 g/mol. The lowest BCUT2D eigenvalue weighted by atomic mass is 9.85. The number of hydrogen-bond acceptors (Lipinski definition) is 8. The Kier molecular flexibility index (Phi) is 5.73. The zero-order valence-corrected chi connectivity index (χ0v) is 21.6. The highest BCUT2D eigenvalue weighted by molar-refractivity contribution is 5.91. The van der Waals surface area contributed by atoms with Gasteiger partial charge in [-0.3, -0.25) is 14.9 Å². The lowest BCUT2D eigenvalue weighted by Gasteiger charge is -2.38. The summed E-state index contributed by atoms with van der Waals surface area (Å²) in [5.74, 6) is 0.635. The number of nitrogens with one attached hydrogen (secondary N) is 1. The number of aromatic nitrogens is 7. The number of rotatable bonds is 5. The highest BCUT2D eigenvalue weighted by Crippen LogP contribution is 2.45. The standard InChI is InChI=1S/C29H26N10O/c30-11-10-22-25(19-12-20-7-8-21(13-19)38(20)29(40)27-33-16-34-37-27)36-28-23(15-35-39(28)26(22)31)18-6-9-24(32-14-18)17-4-2-1-3-5-17/h1-6,9,14-16,19-21H,7-8,10,12-13,31H2,(H,33,34,37)/t19?,20-,21+. The summed E-state index contributed by atoms with van der Waals surface area (Å²) >= 11 is 0. The number of nitriles is 1. The molecule has 0 aliphatic carbocycles. The van der Waals surface area contributed by atoms with E-state index in [2.05, 4.69) is 31.3 Å². The summed E-state index contributed by atoms with van der Waals surface area (Å²) in [6.45, 7) is 0. The van der Waals surface area contributed by atoms with Crippen molar-refractivity contribution in [2.45, 2.75) is 50.1 Å². The first-order chi connectivity index (χ1) is 19.6. The summed E-state index contributed by atoms with van der Waals surface area (Å²) in [7, 11) is 0. The van der Waals surface area contributed by atoms with Gasteiger partial charge in [0.2, 0.25) is 5.82 Å². The molecule has 11 nitrogen and oxygen atoms in total. The van der Waals surface area contributed by atoms with Gasteiger partial charge in [-0.1, -0.05) is 36.4 Å². The van der Waals surface area contributed by atoms with Gasteiger partial charge in [-0.2, -0.15) is 20.0 Å². The van der Waals surface area contributed by atoms with E-state index in [1.165, 1.54) is 6.33 Å². The molecule has 1 unspecified atom stereocenters. The average Bonchev–Trinajstić information content (AvgIpc) is 3.73. The molecule has 2 bridgehead atoms. The van der Waals surface area contributed by atoms with Crippen LogP contribution in [0.4, 0.5) is 5.82 Å². The molecule has 1 aromatic carbocycles. The molecule has 2 aliphatic heterocycles. The van der Waals surface area contributed by atoms with Crippen LogP contribution in [0, 0.1) is 11.3 Å². The molecule has 198 valence electrons. The summed E-state index contributed by atoms with van der Waals surface area (Å²) in [5, 5.41) is 20.7.